The Balaban J connectivity index is 2.33. The molecule has 0 radical (unpaired) electrons. The van der Waals surface area contributed by atoms with Crippen LogP contribution < -0.4 is 5.32 Å². The van der Waals surface area contributed by atoms with Crippen LogP contribution in [0.2, 0.25) is 10.0 Å². The zero-order valence-corrected chi connectivity index (χ0v) is 16.2. The summed E-state index contributed by atoms with van der Waals surface area (Å²) in [7, 11) is -3.87. The highest BCUT2D eigenvalue weighted by atomic mass is 35.5. The Labute approximate surface area is 163 Å². The van der Waals surface area contributed by atoms with Crippen LogP contribution in [0.4, 0.5) is 0 Å². The fourth-order valence-corrected chi connectivity index (χ4v) is 3.94. The summed E-state index contributed by atoms with van der Waals surface area (Å²) in [6.07, 6.45) is 1.52. The van der Waals surface area contributed by atoms with Crippen molar-refractivity contribution in [2.75, 3.05) is 13.1 Å². The number of amides is 1. The lowest BCUT2D eigenvalue weighted by Gasteiger charge is -2.22. The molecule has 0 atom stereocenters. The van der Waals surface area contributed by atoms with E-state index in [9.17, 15) is 13.2 Å². The Morgan fingerprint density at radius 1 is 1.12 bits per heavy atom. The molecule has 0 aliphatic heterocycles. The van der Waals surface area contributed by atoms with Gasteiger partial charge in [-0.15, -0.1) is 6.58 Å². The second kappa shape index (κ2) is 9.19. The monoisotopic (exact) mass is 412 g/mol. The number of rotatable bonds is 8. The van der Waals surface area contributed by atoms with E-state index < -0.39 is 15.9 Å². The first-order chi connectivity index (χ1) is 12.3. The number of hydrogen-bond acceptors (Lipinski definition) is 3. The molecule has 2 aromatic carbocycles. The zero-order valence-electron chi connectivity index (χ0n) is 13.9. The lowest BCUT2D eigenvalue weighted by molar-refractivity contribution is -0.121. The average Bonchev–Trinajstić information content (AvgIpc) is 2.63. The van der Waals surface area contributed by atoms with Gasteiger partial charge in [0.2, 0.25) is 15.9 Å². The summed E-state index contributed by atoms with van der Waals surface area (Å²) in [5.74, 6) is -0.426. The topological polar surface area (TPSA) is 66.5 Å². The smallest absolute Gasteiger partial charge is 0.243 e. The molecule has 2 aromatic rings. The van der Waals surface area contributed by atoms with Gasteiger partial charge in [-0.25, -0.2) is 8.42 Å². The van der Waals surface area contributed by atoms with Gasteiger partial charge in [-0.2, -0.15) is 4.31 Å². The quantitative estimate of drug-likeness (QED) is 0.674. The zero-order chi connectivity index (χ0) is 19.2. The summed E-state index contributed by atoms with van der Waals surface area (Å²) in [5.41, 5.74) is 0.621. The highest BCUT2D eigenvalue weighted by Gasteiger charge is 2.26. The van der Waals surface area contributed by atoms with Gasteiger partial charge in [-0.3, -0.25) is 4.79 Å². The van der Waals surface area contributed by atoms with Crippen LogP contribution >= 0.6 is 23.2 Å². The second-order valence-corrected chi connectivity index (χ2v) is 8.18. The lowest BCUT2D eigenvalue weighted by Crippen LogP contribution is -2.40. The SMILES string of the molecule is C=CCNC(=O)CN(Cc1ccc(Cl)c(Cl)c1)S(=O)(=O)c1ccccc1. The summed E-state index contributed by atoms with van der Waals surface area (Å²) < 4.78 is 27.0. The molecule has 1 N–H and O–H groups in total. The first-order valence-electron chi connectivity index (χ1n) is 7.71. The third kappa shape index (κ3) is 5.32. The van der Waals surface area contributed by atoms with E-state index in [1.807, 2.05) is 0 Å². The van der Waals surface area contributed by atoms with Gasteiger partial charge in [-0.05, 0) is 29.8 Å². The minimum Gasteiger partial charge on any atom is -0.351 e. The Morgan fingerprint density at radius 2 is 1.81 bits per heavy atom. The van der Waals surface area contributed by atoms with Crippen LogP contribution in [0.25, 0.3) is 0 Å². The van der Waals surface area contributed by atoms with Crippen LogP contribution in [0.3, 0.4) is 0 Å². The molecule has 0 saturated carbocycles. The van der Waals surface area contributed by atoms with Gasteiger partial charge < -0.3 is 5.32 Å². The Morgan fingerprint density at radius 3 is 2.42 bits per heavy atom. The lowest BCUT2D eigenvalue weighted by atomic mass is 10.2. The Hall–Kier alpha value is -1.86. The molecular weight excluding hydrogens is 395 g/mol. The Bertz CT molecular complexity index is 887. The van der Waals surface area contributed by atoms with Gasteiger partial charge in [-0.1, -0.05) is 53.5 Å². The standard InChI is InChI=1S/C18H18Cl2N2O3S/c1-2-10-21-18(23)13-22(12-14-8-9-16(19)17(20)11-14)26(24,25)15-6-4-3-5-7-15/h2-9,11H,1,10,12-13H2,(H,21,23). The molecular formula is C18H18Cl2N2O3S. The van der Waals surface area contributed by atoms with Crippen molar-refractivity contribution in [3.63, 3.8) is 0 Å². The van der Waals surface area contributed by atoms with E-state index in [0.29, 0.717) is 15.6 Å². The first-order valence-corrected chi connectivity index (χ1v) is 9.91. The molecule has 2 rings (SSSR count). The van der Waals surface area contributed by atoms with Crippen LogP contribution in [0.5, 0.6) is 0 Å². The molecule has 0 aromatic heterocycles. The fourth-order valence-electron chi connectivity index (χ4n) is 2.21. The molecule has 0 aliphatic carbocycles. The van der Waals surface area contributed by atoms with Crippen LogP contribution in [-0.4, -0.2) is 31.7 Å². The second-order valence-electron chi connectivity index (χ2n) is 5.43. The predicted molar refractivity (Wildman–Crippen MR) is 104 cm³/mol. The molecule has 8 heteroatoms. The number of nitrogens with zero attached hydrogens (tertiary/aromatic N) is 1. The van der Waals surface area contributed by atoms with Gasteiger partial charge in [0, 0.05) is 13.1 Å². The van der Waals surface area contributed by atoms with Crippen LogP contribution in [-0.2, 0) is 21.4 Å². The fraction of sp³-hybridized carbons (Fsp3) is 0.167. The number of halogens is 2. The van der Waals surface area contributed by atoms with Gasteiger partial charge >= 0.3 is 0 Å². The molecule has 138 valence electrons. The molecule has 1 amide bonds. The van der Waals surface area contributed by atoms with Crippen LogP contribution in [0.15, 0.2) is 66.1 Å². The molecule has 0 unspecified atom stereocenters. The molecule has 26 heavy (non-hydrogen) atoms. The van der Waals surface area contributed by atoms with E-state index in [1.54, 1.807) is 36.4 Å². The maximum absolute atomic E-state index is 13.0. The maximum Gasteiger partial charge on any atom is 0.243 e. The van der Waals surface area contributed by atoms with Crippen molar-refractivity contribution in [2.45, 2.75) is 11.4 Å². The van der Waals surface area contributed by atoms with E-state index in [-0.39, 0.29) is 24.5 Å². The van der Waals surface area contributed by atoms with E-state index in [4.69, 9.17) is 23.2 Å². The van der Waals surface area contributed by atoms with Crippen molar-refractivity contribution >= 4 is 39.1 Å². The molecule has 0 spiro atoms. The van der Waals surface area contributed by atoms with Crippen molar-refractivity contribution in [1.82, 2.24) is 9.62 Å². The summed E-state index contributed by atoms with van der Waals surface area (Å²) in [6.45, 7) is 3.43. The number of carbonyl (C=O) groups is 1. The average molecular weight is 413 g/mol. The third-order valence-electron chi connectivity index (χ3n) is 3.49. The summed E-state index contributed by atoms with van der Waals surface area (Å²) >= 11 is 11.9. The molecule has 5 nitrogen and oxygen atoms in total. The summed E-state index contributed by atoms with van der Waals surface area (Å²) in [4.78, 5) is 12.2. The van der Waals surface area contributed by atoms with Crippen molar-refractivity contribution < 1.29 is 13.2 Å². The highest BCUT2D eigenvalue weighted by molar-refractivity contribution is 7.89. The van der Waals surface area contributed by atoms with Crippen molar-refractivity contribution in [2.24, 2.45) is 0 Å². The van der Waals surface area contributed by atoms with Crippen molar-refractivity contribution in [1.29, 1.82) is 0 Å². The molecule has 0 fully saturated rings. The summed E-state index contributed by atoms with van der Waals surface area (Å²) in [5, 5.41) is 3.27. The number of hydrogen-bond donors (Lipinski definition) is 1. The minimum absolute atomic E-state index is 0.0182. The summed E-state index contributed by atoms with van der Waals surface area (Å²) in [6, 6.07) is 12.8. The van der Waals surface area contributed by atoms with Crippen molar-refractivity contribution in [3.8, 4) is 0 Å². The number of carbonyl (C=O) groups excluding carboxylic acids is 1. The third-order valence-corrected chi connectivity index (χ3v) is 6.03. The largest absolute Gasteiger partial charge is 0.351 e. The van der Waals surface area contributed by atoms with Crippen LogP contribution in [0, 0.1) is 0 Å². The minimum atomic E-state index is -3.87. The first kappa shape index (κ1) is 20.5. The molecule has 0 aliphatic rings. The van der Waals surface area contributed by atoms with E-state index >= 15 is 0 Å². The van der Waals surface area contributed by atoms with Gasteiger partial charge in [0.05, 0.1) is 21.5 Å². The van der Waals surface area contributed by atoms with Gasteiger partial charge in [0.15, 0.2) is 0 Å². The number of sulfonamides is 1. The van der Waals surface area contributed by atoms with E-state index in [1.165, 1.54) is 18.2 Å². The van der Waals surface area contributed by atoms with Gasteiger partial charge in [0.1, 0.15) is 0 Å². The molecule has 0 saturated heterocycles. The van der Waals surface area contributed by atoms with E-state index in [0.717, 1.165) is 4.31 Å². The highest BCUT2D eigenvalue weighted by Crippen LogP contribution is 2.25. The molecule has 0 bridgehead atoms. The maximum atomic E-state index is 13.0. The van der Waals surface area contributed by atoms with E-state index in [2.05, 4.69) is 11.9 Å². The Kier molecular flexibility index (Phi) is 7.23. The normalized spacial score (nSPS) is 11.3. The number of benzene rings is 2. The van der Waals surface area contributed by atoms with Gasteiger partial charge in [0.25, 0.3) is 0 Å². The predicted octanol–water partition coefficient (Wildman–Crippen LogP) is 3.49. The molecule has 0 heterocycles. The van der Waals surface area contributed by atoms with Crippen LogP contribution in [0.1, 0.15) is 5.56 Å². The van der Waals surface area contributed by atoms with Crippen molar-refractivity contribution in [3.05, 3.63) is 76.8 Å². The number of nitrogens with one attached hydrogen (secondary N) is 1.